The maximum atomic E-state index is 9.85. The van der Waals surface area contributed by atoms with Gasteiger partial charge in [0.2, 0.25) is 0 Å². The molecular formula is C4H9MgNO4. The van der Waals surface area contributed by atoms with Gasteiger partial charge in [0.15, 0.2) is 0 Å². The maximum Gasteiger partial charge on any atom is 2.00 e. The summed E-state index contributed by atoms with van der Waals surface area (Å²) < 4.78 is 0. The van der Waals surface area contributed by atoms with Crippen molar-refractivity contribution in [1.82, 2.24) is 0 Å². The zero-order valence-corrected chi connectivity index (χ0v) is 6.69. The summed E-state index contributed by atoms with van der Waals surface area (Å²) in [6.45, 7) is 0. The van der Waals surface area contributed by atoms with Gasteiger partial charge in [0.25, 0.3) is 0 Å². The number of carboxylic acids is 2. The van der Waals surface area contributed by atoms with E-state index in [1.165, 1.54) is 0 Å². The molecule has 0 aromatic heterocycles. The minimum Gasteiger partial charge on any atom is -1.00 e. The molecule has 0 rings (SSSR count). The van der Waals surface area contributed by atoms with Crippen molar-refractivity contribution in [3.05, 3.63) is 0 Å². The van der Waals surface area contributed by atoms with E-state index in [9.17, 15) is 9.59 Å². The summed E-state index contributed by atoms with van der Waals surface area (Å²) in [5.41, 5.74) is 4.84. The molecule has 0 heterocycles. The first-order valence-corrected chi connectivity index (χ1v) is 2.24. The SMILES string of the molecule is NC(CC(=O)O)C(=O)O.[H-].[H-].[Mg+2]. The second-order valence-electron chi connectivity index (χ2n) is 1.54. The fourth-order valence-electron chi connectivity index (χ4n) is 0.275. The molecule has 0 amide bonds. The van der Waals surface area contributed by atoms with E-state index >= 15 is 0 Å². The number of nitrogens with two attached hydrogens (primary N) is 1. The second kappa shape index (κ2) is 5.45. The third kappa shape index (κ3) is 5.80. The van der Waals surface area contributed by atoms with E-state index in [1.807, 2.05) is 0 Å². The van der Waals surface area contributed by atoms with Gasteiger partial charge in [-0.15, -0.1) is 0 Å². The van der Waals surface area contributed by atoms with Crippen molar-refractivity contribution in [3.63, 3.8) is 0 Å². The molecule has 4 N–H and O–H groups in total. The molecule has 1 atom stereocenters. The van der Waals surface area contributed by atoms with E-state index in [4.69, 9.17) is 15.9 Å². The monoisotopic (exact) mass is 159 g/mol. The molecule has 1 unspecified atom stereocenters. The smallest absolute Gasteiger partial charge is 1.00 e. The zero-order chi connectivity index (χ0) is 7.44. The van der Waals surface area contributed by atoms with Crippen molar-refractivity contribution in [1.29, 1.82) is 0 Å². The molecule has 0 aromatic carbocycles. The Morgan fingerprint density at radius 2 is 1.90 bits per heavy atom. The van der Waals surface area contributed by atoms with Crippen LogP contribution in [-0.2, 0) is 9.59 Å². The Kier molecular flexibility index (Phi) is 6.73. The Hall–Kier alpha value is -0.334. The summed E-state index contributed by atoms with van der Waals surface area (Å²) in [7, 11) is 0. The van der Waals surface area contributed by atoms with E-state index in [0.717, 1.165) is 0 Å². The standard InChI is InChI=1S/C4H7NO4.Mg.2H/c5-2(4(8)9)1-3(6)7;;;/h2H,1,5H2,(H,6,7)(H,8,9);;;/q;+2;2*-1. The largest absolute Gasteiger partial charge is 2.00 e. The van der Waals surface area contributed by atoms with E-state index in [-0.39, 0.29) is 25.9 Å². The topological polar surface area (TPSA) is 101 Å². The van der Waals surface area contributed by atoms with Gasteiger partial charge in [-0.2, -0.15) is 0 Å². The van der Waals surface area contributed by atoms with Crippen LogP contribution in [0.25, 0.3) is 0 Å². The van der Waals surface area contributed by atoms with Crippen LogP contribution >= 0.6 is 0 Å². The predicted molar refractivity (Wildman–Crippen MR) is 35.8 cm³/mol. The summed E-state index contributed by atoms with van der Waals surface area (Å²) >= 11 is 0. The third-order valence-corrected chi connectivity index (χ3v) is 0.712. The van der Waals surface area contributed by atoms with Gasteiger partial charge in [0.05, 0.1) is 6.42 Å². The van der Waals surface area contributed by atoms with Gasteiger partial charge in [0, 0.05) is 0 Å². The molecule has 5 nitrogen and oxygen atoms in total. The number of rotatable bonds is 3. The summed E-state index contributed by atoms with van der Waals surface area (Å²) in [6.07, 6.45) is -0.532. The normalized spacial score (nSPS) is 11.3. The number of carbonyl (C=O) groups is 2. The number of hydrogen-bond donors (Lipinski definition) is 3. The summed E-state index contributed by atoms with van der Waals surface area (Å²) in [6, 6.07) is -1.29. The van der Waals surface area contributed by atoms with Gasteiger partial charge < -0.3 is 18.8 Å². The van der Waals surface area contributed by atoms with Crippen LogP contribution in [0.2, 0.25) is 0 Å². The number of aliphatic carboxylic acids is 2. The van der Waals surface area contributed by atoms with Crippen LogP contribution in [0.5, 0.6) is 0 Å². The summed E-state index contributed by atoms with van der Waals surface area (Å²) in [4.78, 5) is 19.6. The molecule has 0 saturated carbocycles. The van der Waals surface area contributed by atoms with Crippen LogP contribution < -0.4 is 5.73 Å². The van der Waals surface area contributed by atoms with Crippen molar-refractivity contribution in [3.8, 4) is 0 Å². The van der Waals surface area contributed by atoms with E-state index in [2.05, 4.69) is 0 Å². The molecule has 0 saturated heterocycles. The fourth-order valence-corrected chi connectivity index (χ4v) is 0.275. The first-order valence-electron chi connectivity index (χ1n) is 2.24. The Morgan fingerprint density at radius 1 is 1.50 bits per heavy atom. The van der Waals surface area contributed by atoms with E-state index in [0.29, 0.717) is 0 Å². The average molecular weight is 159 g/mol. The molecule has 0 aliphatic heterocycles. The van der Waals surface area contributed by atoms with Crippen molar-refractivity contribution >= 4 is 35.0 Å². The van der Waals surface area contributed by atoms with Gasteiger partial charge in [-0.1, -0.05) is 0 Å². The first-order chi connectivity index (χ1) is 4.04. The molecular weight excluding hydrogens is 150 g/mol. The van der Waals surface area contributed by atoms with E-state index in [1.54, 1.807) is 0 Å². The quantitative estimate of drug-likeness (QED) is 0.445. The molecule has 0 aliphatic rings. The van der Waals surface area contributed by atoms with Crippen molar-refractivity contribution in [2.24, 2.45) is 5.73 Å². The Balaban J connectivity index is -0.000000107. The van der Waals surface area contributed by atoms with Crippen LogP contribution in [-0.4, -0.2) is 51.2 Å². The third-order valence-electron chi connectivity index (χ3n) is 0.712. The molecule has 0 bridgehead atoms. The molecule has 6 heteroatoms. The Labute approximate surface area is 76.3 Å². The minimum absolute atomic E-state index is 0. The zero-order valence-electron chi connectivity index (χ0n) is 7.28. The number of hydrogen-bond acceptors (Lipinski definition) is 3. The molecule has 0 radical (unpaired) electrons. The van der Waals surface area contributed by atoms with Gasteiger partial charge in [-0.3, -0.25) is 9.59 Å². The molecule has 0 aromatic rings. The van der Waals surface area contributed by atoms with Crippen molar-refractivity contribution in [2.45, 2.75) is 12.5 Å². The van der Waals surface area contributed by atoms with Crippen LogP contribution in [0, 0.1) is 0 Å². The first kappa shape index (κ1) is 12.4. The molecule has 0 aliphatic carbocycles. The Bertz CT molecular complexity index is 145. The van der Waals surface area contributed by atoms with Crippen molar-refractivity contribution in [2.75, 3.05) is 0 Å². The molecule has 10 heavy (non-hydrogen) atoms. The molecule has 56 valence electrons. The van der Waals surface area contributed by atoms with Crippen molar-refractivity contribution < 1.29 is 22.7 Å². The average Bonchev–Trinajstić information content (AvgIpc) is 1.63. The van der Waals surface area contributed by atoms with Crippen LogP contribution in [0.4, 0.5) is 0 Å². The minimum atomic E-state index is -1.29. The summed E-state index contributed by atoms with van der Waals surface area (Å²) in [5, 5.41) is 16.0. The van der Waals surface area contributed by atoms with Gasteiger partial charge in [-0.25, -0.2) is 0 Å². The van der Waals surface area contributed by atoms with E-state index < -0.39 is 24.4 Å². The van der Waals surface area contributed by atoms with Gasteiger partial charge in [0.1, 0.15) is 6.04 Å². The van der Waals surface area contributed by atoms with Gasteiger partial charge >= 0.3 is 35.0 Å². The summed E-state index contributed by atoms with van der Waals surface area (Å²) in [5.74, 6) is -2.50. The number of carboxylic acid groups (broad SMARTS) is 2. The Morgan fingerprint density at radius 3 is 2.00 bits per heavy atom. The van der Waals surface area contributed by atoms with Crippen LogP contribution in [0.3, 0.4) is 0 Å². The van der Waals surface area contributed by atoms with Crippen LogP contribution in [0.15, 0.2) is 0 Å². The molecule has 0 fully saturated rings. The fraction of sp³-hybridized carbons (Fsp3) is 0.500. The second-order valence-corrected chi connectivity index (χ2v) is 1.54. The van der Waals surface area contributed by atoms with Gasteiger partial charge in [-0.05, 0) is 0 Å². The maximum absolute atomic E-state index is 9.85. The predicted octanol–water partition coefficient (Wildman–Crippen LogP) is -1.28. The van der Waals surface area contributed by atoms with Crippen LogP contribution in [0.1, 0.15) is 9.27 Å². The molecule has 0 spiro atoms.